The fraction of sp³-hybridized carbons (Fsp3) is 0.833. The van der Waals surface area contributed by atoms with Gasteiger partial charge in [0.2, 0.25) is 0 Å². The Labute approximate surface area is 174 Å². The van der Waals surface area contributed by atoms with Gasteiger partial charge in [-0.25, -0.2) is 0 Å². The van der Waals surface area contributed by atoms with E-state index in [-0.39, 0.29) is 35.4 Å². The van der Waals surface area contributed by atoms with E-state index in [2.05, 4.69) is 20.4 Å². The average Bonchev–Trinajstić information content (AvgIpc) is 2.92. The minimum Gasteiger partial charge on any atom is -0.462 e. The molecule has 0 radical (unpaired) electrons. The highest BCUT2D eigenvalue weighted by Gasteiger charge is 2.66. The number of aliphatic hydroxyl groups is 1. The van der Waals surface area contributed by atoms with Gasteiger partial charge in [-0.15, -0.1) is 0 Å². The number of ether oxygens (including phenoxy) is 1. The predicted octanol–water partition coefficient (Wildman–Crippen LogP) is 3.53. The lowest BCUT2D eigenvalue weighted by atomic mass is 9.42. The Morgan fingerprint density at radius 3 is 2.69 bits per heavy atom. The van der Waals surface area contributed by atoms with Crippen molar-refractivity contribution in [3.8, 4) is 0 Å². The topological polar surface area (TPSA) is 89.6 Å². The molecule has 4 aliphatic carbocycles. The summed E-state index contributed by atoms with van der Waals surface area (Å²) < 4.78 is 5.68. The molecule has 0 bridgehead atoms. The van der Waals surface area contributed by atoms with E-state index in [0.29, 0.717) is 36.4 Å². The second-order valence-electron chi connectivity index (χ2n) is 10.9. The molecule has 0 spiro atoms. The van der Waals surface area contributed by atoms with Gasteiger partial charge in [-0.05, 0) is 68.8 Å². The molecular weight excluding hydrogens is 366 g/mol. The quantitative estimate of drug-likeness (QED) is 0.556. The van der Waals surface area contributed by atoms with Gasteiger partial charge < -0.3 is 15.6 Å². The van der Waals surface area contributed by atoms with Crippen LogP contribution in [0.1, 0.15) is 78.6 Å². The fourth-order valence-electron chi connectivity index (χ4n) is 7.56. The SMILES string of the molecule is C=C1C[C@H]2[C@@H]3CCC(=O)[C@@]3(C)CC[C@@H]2[C@@]2(C)CC[C@H](OC(=O)CC(C)N)C[C@]12O. The molecule has 0 saturated heterocycles. The molecule has 0 amide bonds. The van der Waals surface area contributed by atoms with Crippen LogP contribution in [0.2, 0.25) is 0 Å². The highest BCUT2D eigenvalue weighted by Crippen LogP contribution is 2.67. The van der Waals surface area contributed by atoms with Gasteiger partial charge >= 0.3 is 5.97 Å². The molecule has 0 aliphatic heterocycles. The summed E-state index contributed by atoms with van der Waals surface area (Å²) >= 11 is 0. The number of rotatable bonds is 3. The third kappa shape index (κ3) is 3.03. The van der Waals surface area contributed by atoms with Crippen molar-refractivity contribution in [2.45, 2.75) is 96.3 Å². The monoisotopic (exact) mass is 403 g/mol. The summed E-state index contributed by atoms with van der Waals surface area (Å²) in [6.07, 6.45) is 6.32. The van der Waals surface area contributed by atoms with E-state index in [9.17, 15) is 14.7 Å². The smallest absolute Gasteiger partial charge is 0.307 e. The van der Waals surface area contributed by atoms with Crippen LogP contribution in [-0.4, -0.2) is 34.6 Å². The number of carbonyl (C=O) groups is 2. The van der Waals surface area contributed by atoms with Crippen molar-refractivity contribution in [2.75, 3.05) is 0 Å². The summed E-state index contributed by atoms with van der Waals surface area (Å²) in [4.78, 5) is 24.7. The lowest BCUT2D eigenvalue weighted by Gasteiger charge is -2.64. The van der Waals surface area contributed by atoms with Gasteiger partial charge in [0.05, 0.1) is 12.0 Å². The molecule has 1 unspecified atom stereocenters. The van der Waals surface area contributed by atoms with Crippen molar-refractivity contribution >= 4 is 11.8 Å². The van der Waals surface area contributed by atoms with E-state index in [1.165, 1.54) is 0 Å². The number of Topliss-reactive ketones (excluding diaryl/α,β-unsaturated/α-hetero) is 1. The number of esters is 1. The lowest BCUT2D eigenvalue weighted by molar-refractivity contribution is -0.197. The fourth-order valence-corrected chi connectivity index (χ4v) is 7.56. The number of fused-ring (bicyclic) bond motifs is 5. The zero-order valence-corrected chi connectivity index (χ0v) is 18.2. The molecule has 3 N–H and O–H groups in total. The summed E-state index contributed by atoms with van der Waals surface area (Å²) in [6, 6.07) is -0.226. The zero-order chi connectivity index (χ0) is 21.2. The first-order chi connectivity index (χ1) is 13.5. The minimum atomic E-state index is -1.01. The van der Waals surface area contributed by atoms with Crippen LogP contribution >= 0.6 is 0 Å². The first kappa shape index (κ1) is 21.0. The molecule has 0 aromatic rings. The number of nitrogens with two attached hydrogens (primary N) is 1. The van der Waals surface area contributed by atoms with Gasteiger partial charge in [-0.2, -0.15) is 0 Å². The largest absolute Gasteiger partial charge is 0.462 e. The molecule has 162 valence electrons. The second kappa shape index (κ2) is 6.91. The molecule has 29 heavy (non-hydrogen) atoms. The van der Waals surface area contributed by atoms with Gasteiger partial charge in [0, 0.05) is 29.7 Å². The van der Waals surface area contributed by atoms with Crippen LogP contribution in [0.4, 0.5) is 0 Å². The highest BCUT2D eigenvalue weighted by molar-refractivity contribution is 5.87. The van der Waals surface area contributed by atoms with E-state index in [0.717, 1.165) is 44.1 Å². The van der Waals surface area contributed by atoms with Gasteiger partial charge in [0.15, 0.2) is 0 Å². The third-order valence-corrected chi connectivity index (χ3v) is 9.27. The molecule has 4 saturated carbocycles. The Kier molecular flexibility index (Phi) is 5.02. The standard InChI is InChI=1S/C24H37NO4/c1-14-11-17-18-5-6-20(26)22(18,3)9-8-19(17)23(4)10-7-16(13-24(14,23)28)29-21(27)12-15(2)25/h15-19,28H,1,5-13,25H2,2-4H3/t15?,16-,17-,18-,19-,22-,23+,24-/m0/s1. The Bertz CT molecular complexity index is 732. The molecular formula is C24H37NO4. The molecule has 5 nitrogen and oxygen atoms in total. The van der Waals surface area contributed by atoms with Crippen molar-refractivity contribution in [3.63, 3.8) is 0 Å². The van der Waals surface area contributed by atoms with E-state index >= 15 is 0 Å². The Morgan fingerprint density at radius 2 is 2.00 bits per heavy atom. The van der Waals surface area contributed by atoms with Gasteiger partial charge in [-0.3, -0.25) is 9.59 Å². The van der Waals surface area contributed by atoms with Gasteiger partial charge in [0.1, 0.15) is 11.9 Å². The molecule has 5 heteroatoms. The summed E-state index contributed by atoms with van der Waals surface area (Å²) in [7, 11) is 0. The van der Waals surface area contributed by atoms with E-state index in [1.807, 2.05) is 0 Å². The van der Waals surface area contributed by atoms with Gasteiger partial charge in [-0.1, -0.05) is 20.4 Å². The molecule has 4 aliphatic rings. The van der Waals surface area contributed by atoms with Crippen LogP contribution < -0.4 is 5.73 Å². The second-order valence-corrected chi connectivity index (χ2v) is 10.9. The summed E-state index contributed by atoms with van der Waals surface area (Å²) in [5.41, 5.74) is 5.13. The normalized spacial score (nSPS) is 47.8. The van der Waals surface area contributed by atoms with Crippen molar-refractivity contribution in [1.82, 2.24) is 0 Å². The summed E-state index contributed by atoms with van der Waals surface area (Å²) in [5.74, 6) is 1.38. The maximum absolute atomic E-state index is 12.6. The van der Waals surface area contributed by atoms with Crippen molar-refractivity contribution in [2.24, 2.45) is 34.3 Å². The van der Waals surface area contributed by atoms with Crippen LogP contribution in [0.3, 0.4) is 0 Å². The maximum atomic E-state index is 12.6. The maximum Gasteiger partial charge on any atom is 0.307 e. The zero-order valence-electron chi connectivity index (χ0n) is 18.2. The molecule has 8 atom stereocenters. The van der Waals surface area contributed by atoms with Crippen LogP contribution in [0.25, 0.3) is 0 Å². The van der Waals surface area contributed by atoms with E-state index < -0.39 is 5.60 Å². The van der Waals surface area contributed by atoms with Crippen molar-refractivity contribution < 1.29 is 19.4 Å². The Balaban J connectivity index is 1.56. The van der Waals surface area contributed by atoms with Crippen molar-refractivity contribution in [1.29, 1.82) is 0 Å². The lowest BCUT2D eigenvalue weighted by Crippen LogP contribution is -2.64. The van der Waals surface area contributed by atoms with Crippen molar-refractivity contribution in [3.05, 3.63) is 12.2 Å². The van der Waals surface area contributed by atoms with E-state index in [1.54, 1.807) is 6.92 Å². The molecule has 0 heterocycles. The Hall–Kier alpha value is -1.20. The summed E-state index contributed by atoms with van der Waals surface area (Å²) in [6.45, 7) is 10.5. The Morgan fingerprint density at radius 1 is 1.28 bits per heavy atom. The summed E-state index contributed by atoms with van der Waals surface area (Å²) in [5, 5.41) is 11.9. The van der Waals surface area contributed by atoms with Crippen LogP contribution in [0.5, 0.6) is 0 Å². The minimum absolute atomic E-state index is 0.182. The first-order valence-corrected chi connectivity index (χ1v) is 11.4. The molecule has 0 aromatic heterocycles. The average molecular weight is 404 g/mol. The number of hydrogen-bond acceptors (Lipinski definition) is 5. The van der Waals surface area contributed by atoms with E-state index in [4.69, 9.17) is 10.5 Å². The third-order valence-electron chi connectivity index (χ3n) is 9.27. The highest BCUT2D eigenvalue weighted by atomic mass is 16.5. The number of carbonyl (C=O) groups excluding carboxylic acids is 2. The molecule has 4 fully saturated rings. The van der Waals surface area contributed by atoms with Crippen LogP contribution in [0, 0.1) is 28.6 Å². The number of ketones is 1. The molecule has 0 aromatic carbocycles. The molecule has 4 rings (SSSR count). The predicted molar refractivity (Wildman–Crippen MR) is 111 cm³/mol. The van der Waals surface area contributed by atoms with Crippen LogP contribution in [-0.2, 0) is 14.3 Å². The number of hydrogen-bond donors (Lipinski definition) is 2. The first-order valence-electron chi connectivity index (χ1n) is 11.4. The van der Waals surface area contributed by atoms with Gasteiger partial charge in [0.25, 0.3) is 0 Å². The van der Waals surface area contributed by atoms with Crippen LogP contribution in [0.15, 0.2) is 12.2 Å².